The van der Waals surface area contributed by atoms with Crippen LogP contribution in [0.25, 0.3) is 5.69 Å². The molecule has 1 aliphatic heterocycles. The Hall–Kier alpha value is -3.82. The van der Waals surface area contributed by atoms with Crippen LogP contribution in [0.4, 0.5) is 13.2 Å². The number of rotatable bonds is 6. The maximum Gasteiger partial charge on any atom is 0.491 e. The summed E-state index contributed by atoms with van der Waals surface area (Å²) >= 11 is 0. The highest BCUT2D eigenvalue weighted by Gasteiger charge is 2.43. The van der Waals surface area contributed by atoms with E-state index in [2.05, 4.69) is 9.72 Å². The first kappa shape index (κ1) is 21.4. The molecule has 1 atom stereocenters. The number of fused-ring (bicyclic) bond motifs is 1. The first-order valence-corrected chi connectivity index (χ1v) is 9.58. The molecule has 1 unspecified atom stereocenters. The number of alkyl halides is 3. The third-order valence-corrected chi connectivity index (χ3v) is 4.86. The molecule has 4 rings (SSSR count). The van der Waals surface area contributed by atoms with Crippen molar-refractivity contribution in [2.75, 3.05) is 6.61 Å². The number of nitrogens with zero attached hydrogens (tertiary/aromatic N) is 2. The topological polar surface area (TPSA) is 79.7 Å². The monoisotopic (exact) mass is 446 g/mol. The van der Waals surface area contributed by atoms with Crippen LogP contribution in [0.3, 0.4) is 0 Å². The third kappa shape index (κ3) is 4.90. The van der Waals surface area contributed by atoms with Crippen LogP contribution in [-0.4, -0.2) is 34.3 Å². The number of halogens is 3. The fraction of sp³-hybridized carbons (Fsp3) is 0.227. The normalized spacial score (nSPS) is 15.0. The summed E-state index contributed by atoms with van der Waals surface area (Å²) < 4.78 is 53.7. The van der Waals surface area contributed by atoms with Crippen molar-refractivity contribution in [3.8, 4) is 17.2 Å². The van der Waals surface area contributed by atoms with E-state index in [4.69, 9.17) is 9.47 Å². The summed E-state index contributed by atoms with van der Waals surface area (Å²) in [6, 6.07) is 12.8. The molecule has 166 valence electrons. The van der Waals surface area contributed by atoms with Crippen LogP contribution in [0, 0.1) is 0 Å². The van der Waals surface area contributed by atoms with Crippen molar-refractivity contribution in [2.45, 2.75) is 25.1 Å². The molecular formula is C22H17F3N2O5. The number of hydrogen-bond donors (Lipinski definition) is 0. The summed E-state index contributed by atoms with van der Waals surface area (Å²) in [7, 11) is 0. The summed E-state index contributed by atoms with van der Waals surface area (Å²) in [4.78, 5) is 26.5. The summed E-state index contributed by atoms with van der Waals surface area (Å²) in [6.45, 7) is 0.405. The van der Waals surface area contributed by atoms with Gasteiger partial charge in [0.2, 0.25) is 0 Å². The zero-order valence-electron chi connectivity index (χ0n) is 16.5. The summed E-state index contributed by atoms with van der Waals surface area (Å²) in [6.07, 6.45) is -0.374. The predicted molar refractivity (Wildman–Crippen MR) is 104 cm³/mol. The van der Waals surface area contributed by atoms with E-state index in [1.165, 1.54) is 0 Å². The highest BCUT2D eigenvalue weighted by Crippen LogP contribution is 2.38. The van der Waals surface area contributed by atoms with E-state index in [-0.39, 0.29) is 6.61 Å². The molecule has 0 bridgehead atoms. The smallest absolute Gasteiger partial charge is 0.491 e. The quantitative estimate of drug-likeness (QED) is 0.422. The molecule has 0 N–H and O–H groups in total. The van der Waals surface area contributed by atoms with Crippen LogP contribution >= 0.6 is 0 Å². The van der Waals surface area contributed by atoms with Gasteiger partial charge < -0.3 is 18.8 Å². The molecule has 1 aliphatic rings. The Morgan fingerprint density at radius 3 is 2.62 bits per heavy atom. The van der Waals surface area contributed by atoms with Crippen LogP contribution in [0.2, 0.25) is 0 Å². The minimum absolute atomic E-state index is 0.0871. The van der Waals surface area contributed by atoms with Crippen molar-refractivity contribution < 1.29 is 37.0 Å². The molecule has 0 amide bonds. The maximum atomic E-state index is 12.2. The van der Waals surface area contributed by atoms with Crippen molar-refractivity contribution in [1.29, 1.82) is 0 Å². The summed E-state index contributed by atoms with van der Waals surface area (Å²) in [5.74, 6) is -3.28. The van der Waals surface area contributed by atoms with E-state index >= 15 is 0 Å². The fourth-order valence-electron chi connectivity index (χ4n) is 3.26. The van der Waals surface area contributed by atoms with Crippen LogP contribution in [0.5, 0.6) is 11.5 Å². The lowest BCUT2D eigenvalue weighted by atomic mass is 9.98. The van der Waals surface area contributed by atoms with Crippen LogP contribution in [-0.2, 0) is 20.9 Å². The average molecular weight is 446 g/mol. The van der Waals surface area contributed by atoms with E-state index < -0.39 is 30.5 Å². The van der Waals surface area contributed by atoms with Gasteiger partial charge in [0.25, 0.3) is 0 Å². The van der Waals surface area contributed by atoms with Gasteiger partial charge in [-0.2, -0.15) is 13.2 Å². The van der Waals surface area contributed by atoms with Gasteiger partial charge in [-0.15, -0.1) is 0 Å². The van der Waals surface area contributed by atoms with Crippen molar-refractivity contribution in [3.63, 3.8) is 0 Å². The molecule has 32 heavy (non-hydrogen) atoms. The number of imidazole rings is 1. The minimum Gasteiger partial charge on any atom is -0.492 e. The van der Waals surface area contributed by atoms with Crippen LogP contribution in [0.1, 0.15) is 23.5 Å². The molecule has 0 fully saturated rings. The molecule has 0 saturated heterocycles. The first-order chi connectivity index (χ1) is 15.3. The second kappa shape index (κ2) is 8.74. The fourth-order valence-corrected chi connectivity index (χ4v) is 3.26. The second-order valence-electron chi connectivity index (χ2n) is 7.10. The molecule has 2 aromatic carbocycles. The molecule has 0 radical (unpaired) electrons. The third-order valence-electron chi connectivity index (χ3n) is 4.86. The lowest BCUT2D eigenvalue weighted by molar-refractivity contribution is -0.202. The van der Waals surface area contributed by atoms with E-state index in [0.717, 1.165) is 11.3 Å². The number of hydrogen-bond acceptors (Lipinski definition) is 6. The predicted octanol–water partition coefficient (Wildman–Crippen LogP) is 3.95. The molecule has 0 aliphatic carbocycles. The van der Waals surface area contributed by atoms with Crippen molar-refractivity contribution in [2.24, 2.45) is 0 Å². The Morgan fingerprint density at radius 1 is 1.16 bits per heavy atom. The van der Waals surface area contributed by atoms with Gasteiger partial charge in [-0.25, -0.2) is 9.78 Å². The maximum absolute atomic E-state index is 12.2. The van der Waals surface area contributed by atoms with Gasteiger partial charge in [0.15, 0.2) is 0 Å². The summed E-state index contributed by atoms with van der Waals surface area (Å²) in [5.41, 5.74) is 2.56. The van der Waals surface area contributed by atoms with Crippen molar-refractivity contribution in [1.82, 2.24) is 9.55 Å². The van der Waals surface area contributed by atoms with E-state index in [1.54, 1.807) is 30.7 Å². The Labute approximate surface area is 180 Å². The zero-order valence-corrected chi connectivity index (χ0v) is 16.5. The molecule has 1 aromatic heterocycles. The van der Waals surface area contributed by atoms with Gasteiger partial charge >= 0.3 is 18.1 Å². The van der Waals surface area contributed by atoms with Crippen LogP contribution in [0.15, 0.2) is 61.2 Å². The molecule has 7 nitrogen and oxygen atoms in total. The molecule has 2 heterocycles. The summed E-state index contributed by atoms with van der Waals surface area (Å²) in [5, 5.41) is 0. The van der Waals surface area contributed by atoms with Crippen molar-refractivity contribution >= 4 is 11.9 Å². The number of benzene rings is 2. The van der Waals surface area contributed by atoms with E-state index in [1.807, 2.05) is 35.0 Å². The molecule has 0 spiro atoms. The zero-order chi connectivity index (χ0) is 22.7. The molecular weight excluding hydrogens is 429 g/mol. The lowest BCUT2D eigenvalue weighted by Gasteiger charge is -2.10. The van der Waals surface area contributed by atoms with Gasteiger partial charge in [0.1, 0.15) is 18.1 Å². The number of carbonyl (C=O) groups is 2. The molecule has 10 heteroatoms. The molecule has 0 saturated carbocycles. The highest BCUT2D eigenvalue weighted by atomic mass is 19.4. The lowest BCUT2D eigenvalue weighted by Crippen LogP contribution is -2.28. The number of ether oxygens (including phenoxy) is 3. The Bertz CT molecular complexity index is 1110. The van der Waals surface area contributed by atoms with E-state index in [0.29, 0.717) is 23.7 Å². The first-order valence-electron chi connectivity index (χ1n) is 9.58. The van der Waals surface area contributed by atoms with Gasteiger partial charge in [-0.3, -0.25) is 4.79 Å². The number of aromatic nitrogens is 2. The van der Waals surface area contributed by atoms with Gasteiger partial charge in [-0.05, 0) is 23.8 Å². The van der Waals surface area contributed by atoms with Gasteiger partial charge in [0.05, 0.1) is 19.4 Å². The van der Waals surface area contributed by atoms with Gasteiger partial charge in [-0.1, -0.05) is 18.2 Å². The minimum atomic E-state index is -5.22. The number of carbonyl (C=O) groups excluding carboxylic acids is 2. The average Bonchev–Trinajstić information content (AvgIpc) is 3.42. The van der Waals surface area contributed by atoms with E-state index in [9.17, 15) is 22.8 Å². The standard InChI is InChI=1S/C22H17F3N2O5/c23-22(24,25)21(29)32-20(28)9-15-12-31-19-10-17(5-6-18(15)19)30-11-14-1-3-16(4-2-14)27-8-7-26-13-27/h1-8,10,13,15H,9,11-12H2. The van der Waals surface area contributed by atoms with Gasteiger partial charge in [0, 0.05) is 35.6 Å². The molecule has 3 aromatic rings. The Morgan fingerprint density at radius 2 is 1.94 bits per heavy atom. The Kier molecular flexibility index (Phi) is 5.85. The van der Waals surface area contributed by atoms with Crippen molar-refractivity contribution in [3.05, 3.63) is 72.3 Å². The Balaban J connectivity index is 1.33. The highest BCUT2D eigenvalue weighted by molar-refractivity contribution is 5.88. The second-order valence-corrected chi connectivity index (χ2v) is 7.10. The van der Waals surface area contributed by atoms with Crippen LogP contribution < -0.4 is 9.47 Å². The largest absolute Gasteiger partial charge is 0.492 e. The SMILES string of the molecule is O=C(CC1COc2cc(OCc3ccc(-n4ccnc4)cc3)ccc21)OC(=O)C(F)(F)F. The number of esters is 2.